The molecule has 0 fully saturated rings. The van der Waals surface area contributed by atoms with Crippen molar-refractivity contribution in [3.63, 3.8) is 0 Å². The van der Waals surface area contributed by atoms with Crippen LogP contribution in [0.2, 0.25) is 10.0 Å². The maximum absolute atomic E-state index is 12.7. The Labute approximate surface area is 186 Å². The highest BCUT2D eigenvalue weighted by molar-refractivity contribution is 7.99. The van der Waals surface area contributed by atoms with E-state index in [-0.39, 0.29) is 31.8 Å². The predicted octanol–water partition coefficient (Wildman–Crippen LogP) is 3.95. The summed E-state index contributed by atoms with van der Waals surface area (Å²) in [5.74, 6) is -0.316. The largest absolute Gasteiger partial charge is 0.325 e. The summed E-state index contributed by atoms with van der Waals surface area (Å²) in [6.45, 7) is 1.94. The number of rotatable bonds is 6. The molecule has 0 aliphatic carbocycles. The van der Waals surface area contributed by atoms with Crippen molar-refractivity contribution >= 4 is 56.4 Å². The number of carbonyl (C=O) groups excluding carboxylic acids is 1. The average molecular weight is 484 g/mol. The minimum Gasteiger partial charge on any atom is -0.325 e. The number of aromatic nitrogens is 2. The van der Waals surface area contributed by atoms with Crippen LogP contribution in [0.25, 0.3) is 0 Å². The standard InChI is InChI=1S/C19H15Cl2N3O4S2/c1-11-2-4-14(5-3-11)23-17(25)10-29-19-22-9-16(18(26)24-19)30(27,28)15-7-12(20)6-13(21)8-15/h2-9H,10H2,1H3,(H,23,25)(H,22,24,26). The molecular formula is C19H15Cl2N3O4S2. The van der Waals surface area contributed by atoms with Crippen LogP contribution in [-0.4, -0.2) is 30.0 Å². The zero-order valence-corrected chi connectivity index (χ0v) is 18.6. The van der Waals surface area contributed by atoms with Crippen LogP contribution in [-0.2, 0) is 14.6 Å². The van der Waals surface area contributed by atoms with Gasteiger partial charge in [-0.3, -0.25) is 9.59 Å². The first-order chi connectivity index (χ1) is 14.1. The van der Waals surface area contributed by atoms with Crippen LogP contribution in [0, 0.1) is 6.92 Å². The monoisotopic (exact) mass is 483 g/mol. The van der Waals surface area contributed by atoms with Crippen LogP contribution >= 0.6 is 35.0 Å². The molecule has 2 N–H and O–H groups in total. The highest BCUT2D eigenvalue weighted by Gasteiger charge is 2.23. The lowest BCUT2D eigenvalue weighted by Crippen LogP contribution is -2.20. The number of carbonyl (C=O) groups is 1. The molecule has 2 aromatic carbocycles. The van der Waals surface area contributed by atoms with Gasteiger partial charge in [0.15, 0.2) is 10.1 Å². The van der Waals surface area contributed by atoms with Crippen LogP contribution in [0.1, 0.15) is 5.56 Å². The molecule has 0 unspecified atom stereocenters. The fourth-order valence-electron chi connectivity index (χ4n) is 2.41. The Morgan fingerprint density at radius 2 is 1.77 bits per heavy atom. The number of sulfone groups is 1. The normalized spacial score (nSPS) is 11.3. The summed E-state index contributed by atoms with van der Waals surface area (Å²) in [7, 11) is -4.17. The first-order valence-corrected chi connectivity index (χ1v) is 11.7. The topological polar surface area (TPSA) is 109 Å². The molecule has 156 valence electrons. The Balaban J connectivity index is 1.72. The Bertz CT molecular complexity index is 1240. The van der Waals surface area contributed by atoms with Gasteiger partial charge in [0, 0.05) is 15.7 Å². The van der Waals surface area contributed by atoms with Crippen LogP contribution in [0.4, 0.5) is 5.69 Å². The molecule has 11 heteroatoms. The minimum absolute atomic E-state index is 0.0210. The lowest BCUT2D eigenvalue weighted by molar-refractivity contribution is -0.113. The summed E-state index contributed by atoms with van der Waals surface area (Å²) in [6.07, 6.45) is 0.948. The Morgan fingerprint density at radius 3 is 2.37 bits per heavy atom. The lowest BCUT2D eigenvalue weighted by atomic mass is 10.2. The third-order valence-corrected chi connectivity index (χ3v) is 6.90. The van der Waals surface area contributed by atoms with Crippen molar-refractivity contribution < 1.29 is 13.2 Å². The molecule has 0 bridgehead atoms. The zero-order valence-electron chi connectivity index (χ0n) is 15.5. The van der Waals surface area contributed by atoms with Gasteiger partial charge in [-0.25, -0.2) is 13.4 Å². The van der Waals surface area contributed by atoms with E-state index >= 15 is 0 Å². The number of thioether (sulfide) groups is 1. The SMILES string of the molecule is Cc1ccc(NC(=O)CSc2ncc(S(=O)(=O)c3cc(Cl)cc(Cl)c3)c(=O)[nH]2)cc1. The molecule has 1 heterocycles. The van der Waals surface area contributed by atoms with Crippen molar-refractivity contribution in [2.24, 2.45) is 0 Å². The summed E-state index contributed by atoms with van der Waals surface area (Å²) in [6, 6.07) is 11.1. The van der Waals surface area contributed by atoms with Crippen molar-refractivity contribution in [3.05, 3.63) is 74.6 Å². The molecule has 1 aromatic heterocycles. The molecule has 0 atom stereocenters. The number of nitrogens with zero attached hydrogens (tertiary/aromatic N) is 1. The van der Waals surface area contributed by atoms with Crippen LogP contribution in [0.5, 0.6) is 0 Å². The molecule has 3 aromatic rings. The molecule has 0 saturated carbocycles. The number of benzene rings is 2. The van der Waals surface area contributed by atoms with Gasteiger partial charge in [0.25, 0.3) is 5.56 Å². The quantitative estimate of drug-likeness (QED) is 0.405. The van der Waals surface area contributed by atoms with Crippen LogP contribution in [0.3, 0.4) is 0 Å². The minimum atomic E-state index is -4.17. The van der Waals surface area contributed by atoms with E-state index in [1.165, 1.54) is 18.2 Å². The van der Waals surface area contributed by atoms with E-state index in [1.54, 1.807) is 12.1 Å². The van der Waals surface area contributed by atoms with Crippen molar-refractivity contribution in [1.82, 2.24) is 9.97 Å². The van der Waals surface area contributed by atoms with E-state index in [0.29, 0.717) is 5.69 Å². The van der Waals surface area contributed by atoms with E-state index in [1.807, 2.05) is 19.1 Å². The molecule has 3 rings (SSSR count). The van der Waals surface area contributed by atoms with Crippen molar-refractivity contribution in [2.75, 3.05) is 11.1 Å². The van der Waals surface area contributed by atoms with Gasteiger partial charge in [0.2, 0.25) is 15.7 Å². The number of nitrogens with one attached hydrogen (secondary N) is 2. The summed E-state index contributed by atoms with van der Waals surface area (Å²) in [5.41, 5.74) is 0.857. The van der Waals surface area contributed by atoms with Gasteiger partial charge < -0.3 is 10.3 Å². The molecular weight excluding hydrogens is 469 g/mol. The molecule has 1 amide bonds. The van der Waals surface area contributed by atoms with E-state index in [9.17, 15) is 18.0 Å². The molecule has 0 aliphatic heterocycles. The second-order valence-electron chi connectivity index (χ2n) is 6.19. The number of amides is 1. The molecule has 7 nitrogen and oxygen atoms in total. The van der Waals surface area contributed by atoms with Crippen LogP contribution < -0.4 is 10.9 Å². The smallest absolute Gasteiger partial charge is 0.270 e. The predicted molar refractivity (Wildman–Crippen MR) is 117 cm³/mol. The maximum atomic E-state index is 12.7. The number of aryl methyl sites for hydroxylation is 1. The third-order valence-electron chi connectivity index (χ3n) is 3.85. The first kappa shape index (κ1) is 22.4. The fraction of sp³-hybridized carbons (Fsp3) is 0.105. The average Bonchev–Trinajstić information content (AvgIpc) is 2.67. The molecule has 0 radical (unpaired) electrons. The number of H-pyrrole nitrogens is 1. The van der Waals surface area contributed by atoms with E-state index in [0.717, 1.165) is 23.5 Å². The van der Waals surface area contributed by atoms with E-state index in [4.69, 9.17) is 23.2 Å². The van der Waals surface area contributed by atoms with Gasteiger partial charge in [-0.1, -0.05) is 52.7 Å². The van der Waals surface area contributed by atoms with E-state index < -0.39 is 20.3 Å². The number of aromatic amines is 1. The van der Waals surface area contributed by atoms with Gasteiger partial charge >= 0.3 is 0 Å². The van der Waals surface area contributed by atoms with Gasteiger partial charge in [0.1, 0.15) is 0 Å². The van der Waals surface area contributed by atoms with Gasteiger partial charge in [-0.2, -0.15) is 0 Å². The molecule has 0 saturated heterocycles. The van der Waals surface area contributed by atoms with Gasteiger partial charge in [-0.15, -0.1) is 0 Å². The Hall–Kier alpha value is -2.33. The van der Waals surface area contributed by atoms with Crippen molar-refractivity contribution in [1.29, 1.82) is 0 Å². The highest BCUT2D eigenvalue weighted by Crippen LogP contribution is 2.26. The second kappa shape index (κ2) is 9.22. The number of hydrogen-bond donors (Lipinski definition) is 2. The van der Waals surface area contributed by atoms with Crippen molar-refractivity contribution in [2.45, 2.75) is 21.9 Å². The van der Waals surface area contributed by atoms with Gasteiger partial charge in [0.05, 0.1) is 16.8 Å². The molecule has 30 heavy (non-hydrogen) atoms. The molecule has 0 spiro atoms. The lowest BCUT2D eigenvalue weighted by Gasteiger charge is -2.07. The van der Waals surface area contributed by atoms with Crippen LogP contribution in [0.15, 0.2) is 68.4 Å². The second-order valence-corrected chi connectivity index (χ2v) is 9.95. The first-order valence-electron chi connectivity index (χ1n) is 8.45. The summed E-state index contributed by atoms with van der Waals surface area (Å²) in [4.78, 5) is 30.0. The fourth-order valence-corrected chi connectivity index (χ4v) is 5.00. The summed E-state index contributed by atoms with van der Waals surface area (Å²) >= 11 is 12.7. The summed E-state index contributed by atoms with van der Waals surface area (Å²) in [5, 5.41) is 3.08. The molecule has 0 aliphatic rings. The number of hydrogen-bond acceptors (Lipinski definition) is 6. The maximum Gasteiger partial charge on any atom is 0.270 e. The third kappa shape index (κ3) is 5.42. The zero-order chi connectivity index (χ0) is 21.9. The number of halogens is 2. The van der Waals surface area contributed by atoms with Crippen molar-refractivity contribution in [3.8, 4) is 0 Å². The summed E-state index contributed by atoms with van der Waals surface area (Å²) < 4.78 is 25.4. The van der Waals surface area contributed by atoms with E-state index in [2.05, 4.69) is 15.3 Å². The highest BCUT2D eigenvalue weighted by atomic mass is 35.5. The van der Waals surface area contributed by atoms with Gasteiger partial charge in [-0.05, 0) is 37.3 Å². The Kier molecular flexibility index (Phi) is 6.87. The Morgan fingerprint density at radius 1 is 1.13 bits per heavy atom. The number of anilines is 1.